The van der Waals surface area contributed by atoms with Crippen LogP contribution in [0, 0.1) is 0 Å². The lowest BCUT2D eigenvalue weighted by Crippen LogP contribution is -2.30. The summed E-state index contributed by atoms with van der Waals surface area (Å²) in [6.45, 7) is 7.51. The molecule has 0 aromatic heterocycles. The molecule has 58 heavy (non-hydrogen) atoms. The lowest BCUT2D eigenvalue weighted by molar-refractivity contribution is -0.163. The number of hydrogen-bond donors (Lipinski definition) is 0. The first-order valence-electron chi connectivity index (χ1n) is 23.8. The van der Waals surface area contributed by atoms with Crippen molar-refractivity contribution in [1.82, 2.24) is 0 Å². The Morgan fingerprint density at radius 3 is 1.28 bits per heavy atom. The van der Waals surface area contributed by atoms with E-state index in [2.05, 4.69) is 118 Å². The third-order valence-corrected chi connectivity index (χ3v) is 9.62. The van der Waals surface area contributed by atoms with Gasteiger partial charge in [0, 0.05) is 19.4 Å². The van der Waals surface area contributed by atoms with Crippen molar-refractivity contribution in [1.29, 1.82) is 0 Å². The molecule has 0 heterocycles. The van der Waals surface area contributed by atoms with Gasteiger partial charge in [0.05, 0.1) is 6.61 Å². The molecular weight excluding hydrogens is 717 g/mol. The molecule has 0 saturated carbocycles. The minimum Gasteiger partial charge on any atom is -0.462 e. The molecule has 0 fully saturated rings. The molecule has 330 valence electrons. The van der Waals surface area contributed by atoms with Crippen LogP contribution in [-0.4, -0.2) is 37.9 Å². The van der Waals surface area contributed by atoms with Gasteiger partial charge in [-0.2, -0.15) is 0 Å². The number of esters is 2. The molecule has 0 aliphatic carbocycles. The molecule has 0 aromatic carbocycles. The van der Waals surface area contributed by atoms with Crippen molar-refractivity contribution in [2.75, 3.05) is 19.8 Å². The fraction of sp³-hybridized carbons (Fsp3) is 0.660. The highest BCUT2D eigenvalue weighted by molar-refractivity contribution is 5.70. The number of ether oxygens (including phenoxy) is 3. The number of carbonyl (C=O) groups is 2. The van der Waals surface area contributed by atoms with Gasteiger partial charge in [-0.05, 0) is 96.3 Å². The van der Waals surface area contributed by atoms with Crippen LogP contribution in [0.3, 0.4) is 0 Å². The van der Waals surface area contributed by atoms with Crippen LogP contribution < -0.4 is 0 Å². The van der Waals surface area contributed by atoms with Crippen LogP contribution in [0.1, 0.15) is 201 Å². The quantitative estimate of drug-likeness (QED) is 0.0349. The number of allylic oxidation sites excluding steroid dienone is 16. The maximum absolute atomic E-state index is 12.7. The largest absolute Gasteiger partial charge is 0.462 e. The van der Waals surface area contributed by atoms with Gasteiger partial charge in [0.15, 0.2) is 6.10 Å². The second-order valence-electron chi connectivity index (χ2n) is 15.3. The highest BCUT2D eigenvalue weighted by Gasteiger charge is 2.17. The first kappa shape index (κ1) is 54.8. The Morgan fingerprint density at radius 2 is 0.776 bits per heavy atom. The summed E-state index contributed by atoms with van der Waals surface area (Å²) in [5.74, 6) is -0.467. The first-order valence-corrected chi connectivity index (χ1v) is 23.8. The zero-order valence-electron chi connectivity index (χ0n) is 37.8. The summed E-state index contributed by atoms with van der Waals surface area (Å²) in [5.41, 5.74) is 0. The van der Waals surface area contributed by atoms with Crippen LogP contribution in [0.15, 0.2) is 97.2 Å². The molecule has 0 aromatic rings. The van der Waals surface area contributed by atoms with Gasteiger partial charge in [-0.15, -0.1) is 0 Å². The van der Waals surface area contributed by atoms with Crippen molar-refractivity contribution in [3.05, 3.63) is 97.2 Å². The Balaban J connectivity index is 4.28. The van der Waals surface area contributed by atoms with Gasteiger partial charge in [-0.1, -0.05) is 189 Å². The third kappa shape index (κ3) is 45.5. The third-order valence-electron chi connectivity index (χ3n) is 9.62. The summed E-state index contributed by atoms with van der Waals surface area (Å²) in [4.78, 5) is 25.3. The average Bonchev–Trinajstić information content (AvgIpc) is 3.22. The number of hydrogen-bond acceptors (Lipinski definition) is 5. The zero-order chi connectivity index (χ0) is 42.1. The normalized spacial score (nSPS) is 13.1. The molecule has 0 N–H and O–H groups in total. The topological polar surface area (TPSA) is 61.8 Å². The Hall–Kier alpha value is -3.18. The van der Waals surface area contributed by atoms with Crippen molar-refractivity contribution in [2.24, 2.45) is 0 Å². The molecule has 0 radical (unpaired) electrons. The van der Waals surface area contributed by atoms with E-state index in [4.69, 9.17) is 14.2 Å². The Morgan fingerprint density at radius 1 is 0.397 bits per heavy atom. The highest BCUT2D eigenvalue weighted by Crippen LogP contribution is 2.12. The van der Waals surface area contributed by atoms with E-state index in [0.29, 0.717) is 19.4 Å². The average molecular weight is 805 g/mol. The fourth-order valence-corrected chi connectivity index (χ4v) is 6.14. The smallest absolute Gasteiger partial charge is 0.306 e. The summed E-state index contributed by atoms with van der Waals surface area (Å²) in [6.07, 6.45) is 64.1. The zero-order valence-corrected chi connectivity index (χ0v) is 37.8. The van der Waals surface area contributed by atoms with Gasteiger partial charge in [0.25, 0.3) is 0 Å². The fourth-order valence-electron chi connectivity index (χ4n) is 6.14. The monoisotopic (exact) mass is 805 g/mol. The van der Waals surface area contributed by atoms with Gasteiger partial charge in [-0.3, -0.25) is 9.59 Å². The van der Waals surface area contributed by atoms with E-state index < -0.39 is 6.10 Å². The maximum Gasteiger partial charge on any atom is 0.306 e. The summed E-state index contributed by atoms with van der Waals surface area (Å²) < 4.78 is 17.2. The number of carbonyl (C=O) groups excluding carboxylic acids is 2. The molecular formula is C53H88O5. The molecule has 0 spiro atoms. The van der Waals surface area contributed by atoms with E-state index >= 15 is 0 Å². The van der Waals surface area contributed by atoms with Crippen molar-refractivity contribution in [3.8, 4) is 0 Å². The van der Waals surface area contributed by atoms with E-state index in [1.165, 1.54) is 57.8 Å². The minimum atomic E-state index is -0.565. The van der Waals surface area contributed by atoms with Crippen LogP contribution >= 0.6 is 0 Å². The lowest BCUT2D eigenvalue weighted by atomic mass is 10.1. The molecule has 0 aliphatic heterocycles. The highest BCUT2D eigenvalue weighted by atomic mass is 16.6. The Kier molecular flexibility index (Phi) is 45.5. The SMILES string of the molecule is CC/C=C\C/C=C\C/C=C\C/C=C\CCCCCCCCC(=O)OCC(COCCCCCCCCCC)OC(=O)CCCC/C=C\C/C=C\C/C=C\C/C=C\CC. The Bertz CT molecular complexity index is 1140. The van der Waals surface area contributed by atoms with Crippen molar-refractivity contribution < 1.29 is 23.8 Å². The molecule has 0 amide bonds. The van der Waals surface area contributed by atoms with E-state index in [9.17, 15) is 9.59 Å². The van der Waals surface area contributed by atoms with Crippen LogP contribution in [0.4, 0.5) is 0 Å². The molecule has 5 nitrogen and oxygen atoms in total. The summed E-state index contributed by atoms with van der Waals surface area (Å²) in [7, 11) is 0. The standard InChI is InChI=1S/C53H88O5/c1-4-7-10-13-16-19-21-23-25-26-27-28-30-31-33-35-37-40-43-46-52(54)57-50-51(49-56-48-45-42-39-18-15-12-9-6-3)58-53(55)47-44-41-38-36-34-32-29-24-22-20-17-14-11-8-5-2/h7-8,10-11,16-17,19-20,23-25,27-29,34,36,51H,4-6,9,12-15,18,21-22,26,30-33,35,37-50H2,1-3H3/b10-7-,11-8-,19-16-,20-17-,25-23-,28-27-,29-24-,36-34-. The first-order chi connectivity index (χ1) is 28.6. The van der Waals surface area contributed by atoms with Crippen molar-refractivity contribution >= 4 is 11.9 Å². The molecule has 0 aliphatic rings. The summed E-state index contributed by atoms with van der Waals surface area (Å²) in [5, 5.41) is 0. The minimum absolute atomic E-state index is 0.0568. The molecule has 0 saturated heterocycles. The second kappa shape index (κ2) is 48.2. The van der Waals surface area contributed by atoms with Gasteiger partial charge in [-0.25, -0.2) is 0 Å². The van der Waals surface area contributed by atoms with Crippen molar-refractivity contribution in [3.63, 3.8) is 0 Å². The van der Waals surface area contributed by atoms with Crippen LogP contribution in [0.5, 0.6) is 0 Å². The van der Waals surface area contributed by atoms with E-state index in [1.54, 1.807) is 0 Å². The van der Waals surface area contributed by atoms with Crippen molar-refractivity contribution in [2.45, 2.75) is 207 Å². The van der Waals surface area contributed by atoms with Gasteiger partial charge < -0.3 is 14.2 Å². The predicted octanol–water partition coefficient (Wildman–Crippen LogP) is 15.9. The maximum atomic E-state index is 12.7. The van der Waals surface area contributed by atoms with Gasteiger partial charge in [0.1, 0.15) is 6.61 Å². The summed E-state index contributed by atoms with van der Waals surface area (Å²) in [6, 6.07) is 0. The van der Waals surface area contributed by atoms with Crippen LogP contribution in [-0.2, 0) is 23.8 Å². The summed E-state index contributed by atoms with van der Waals surface area (Å²) >= 11 is 0. The number of rotatable bonds is 42. The molecule has 1 unspecified atom stereocenters. The molecule has 0 rings (SSSR count). The van der Waals surface area contributed by atoms with E-state index in [0.717, 1.165) is 109 Å². The van der Waals surface area contributed by atoms with E-state index in [-0.39, 0.29) is 25.2 Å². The molecule has 0 bridgehead atoms. The van der Waals surface area contributed by atoms with Gasteiger partial charge in [0.2, 0.25) is 0 Å². The number of unbranched alkanes of at least 4 members (excludes halogenated alkanes) is 15. The predicted molar refractivity (Wildman–Crippen MR) is 251 cm³/mol. The van der Waals surface area contributed by atoms with Gasteiger partial charge >= 0.3 is 11.9 Å². The molecule has 5 heteroatoms. The van der Waals surface area contributed by atoms with E-state index in [1.807, 2.05) is 0 Å². The van der Waals surface area contributed by atoms with Crippen LogP contribution in [0.25, 0.3) is 0 Å². The molecule has 1 atom stereocenters. The Labute approximate surface area is 358 Å². The second-order valence-corrected chi connectivity index (χ2v) is 15.3. The lowest BCUT2D eigenvalue weighted by Gasteiger charge is -2.18. The van der Waals surface area contributed by atoms with Crippen LogP contribution in [0.2, 0.25) is 0 Å².